The van der Waals surface area contributed by atoms with Crippen LogP contribution in [0.5, 0.6) is 0 Å². The Hall–Kier alpha value is -2.80. The smallest absolute Gasteiger partial charge is 0.253 e. The van der Waals surface area contributed by atoms with E-state index in [0.29, 0.717) is 11.6 Å². The van der Waals surface area contributed by atoms with Gasteiger partial charge in [-0.1, -0.05) is 0 Å². The van der Waals surface area contributed by atoms with Crippen LogP contribution >= 0.6 is 0 Å². The van der Waals surface area contributed by atoms with Crippen molar-refractivity contribution in [1.82, 2.24) is 29.2 Å². The SMILES string of the molecule is Cn1nc2c(c1CN1CCC(Cn3cnc(-c4cccnc4)cc3=O)CC1)CCCC2. The van der Waals surface area contributed by atoms with E-state index >= 15 is 0 Å². The summed E-state index contributed by atoms with van der Waals surface area (Å²) >= 11 is 0. The van der Waals surface area contributed by atoms with E-state index in [9.17, 15) is 4.79 Å². The molecular weight excluding hydrogens is 388 g/mol. The van der Waals surface area contributed by atoms with Gasteiger partial charge in [-0.3, -0.25) is 23.9 Å². The minimum atomic E-state index is 0.0118. The second kappa shape index (κ2) is 8.75. The van der Waals surface area contributed by atoms with Crippen LogP contribution in [0.15, 0.2) is 41.7 Å². The summed E-state index contributed by atoms with van der Waals surface area (Å²) in [7, 11) is 2.09. The molecule has 1 saturated heterocycles. The van der Waals surface area contributed by atoms with Crippen LogP contribution in [0.1, 0.15) is 42.6 Å². The van der Waals surface area contributed by atoms with Gasteiger partial charge in [-0.15, -0.1) is 0 Å². The number of rotatable bonds is 5. The fourth-order valence-corrected chi connectivity index (χ4v) is 5.00. The molecule has 3 aromatic rings. The van der Waals surface area contributed by atoms with E-state index < -0.39 is 0 Å². The normalized spacial score (nSPS) is 17.6. The van der Waals surface area contributed by atoms with Gasteiger partial charge in [0.1, 0.15) is 0 Å². The number of aryl methyl sites for hydroxylation is 2. The third-order valence-corrected chi connectivity index (χ3v) is 6.82. The molecule has 0 radical (unpaired) electrons. The van der Waals surface area contributed by atoms with Gasteiger partial charge in [0.25, 0.3) is 5.56 Å². The molecule has 31 heavy (non-hydrogen) atoms. The van der Waals surface area contributed by atoms with E-state index in [1.165, 1.54) is 36.2 Å². The van der Waals surface area contributed by atoms with Gasteiger partial charge in [0, 0.05) is 44.2 Å². The number of pyridine rings is 1. The van der Waals surface area contributed by atoms with Crippen LogP contribution in [0.3, 0.4) is 0 Å². The van der Waals surface area contributed by atoms with Gasteiger partial charge in [0.15, 0.2) is 0 Å². The van der Waals surface area contributed by atoms with Crippen molar-refractivity contribution in [3.63, 3.8) is 0 Å². The highest BCUT2D eigenvalue weighted by molar-refractivity contribution is 5.56. The van der Waals surface area contributed by atoms with Gasteiger partial charge >= 0.3 is 0 Å². The summed E-state index contributed by atoms with van der Waals surface area (Å²) in [6.07, 6.45) is 12.2. The Morgan fingerprint density at radius 1 is 1.16 bits per heavy atom. The first kappa shape index (κ1) is 20.1. The first-order valence-electron chi connectivity index (χ1n) is 11.4. The number of fused-ring (bicyclic) bond motifs is 1. The van der Waals surface area contributed by atoms with Gasteiger partial charge in [-0.05, 0) is 75.2 Å². The number of aromatic nitrogens is 5. The van der Waals surface area contributed by atoms with Gasteiger partial charge in [0.05, 0.1) is 23.4 Å². The largest absolute Gasteiger partial charge is 0.299 e. The third-order valence-electron chi connectivity index (χ3n) is 6.82. The average molecular weight is 419 g/mol. The van der Waals surface area contributed by atoms with Crippen molar-refractivity contribution in [2.24, 2.45) is 13.0 Å². The molecule has 0 aromatic carbocycles. The van der Waals surface area contributed by atoms with Crippen LogP contribution in [-0.4, -0.2) is 42.3 Å². The monoisotopic (exact) mass is 418 g/mol. The average Bonchev–Trinajstić information content (AvgIpc) is 3.12. The molecule has 5 rings (SSSR count). The molecule has 0 atom stereocenters. The molecule has 0 saturated carbocycles. The van der Waals surface area contributed by atoms with E-state index in [1.54, 1.807) is 29.4 Å². The minimum absolute atomic E-state index is 0.0118. The molecule has 3 aromatic heterocycles. The number of hydrogen-bond acceptors (Lipinski definition) is 5. The van der Waals surface area contributed by atoms with Crippen LogP contribution in [0.4, 0.5) is 0 Å². The highest BCUT2D eigenvalue weighted by Gasteiger charge is 2.24. The quantitative estimate of drug-likeness (QED) is 0.637. The Kier molecular flexibility index (Phi) is 5.68. The number of nitrogens with zero attached hydrogens (tertiary/aromatic N) is 6. The molecular formula is C24H30N6O. The van der Waals surface area contributed by atoms with E-state index in [-0.39, 0.29) is 5.56 Å². The lowest BCUT2D eigenvalue weighted by atomic mass is 9.94. The lowest BCUT2D eigenvalue weighted by Gasteiger charge is -2.32. The first-order valence-corrected chi connectivity index (χ1v) is 11.4. The zero-order valence-electron chi connectivity index (χ0n) is 18.2. The van der Waals surface area contributed by atoms with E-state index in [1.807, 2.05) is 12.1 Å². The second-order valence-corrected chi connectivity index (χ2v) is 8.93. The molecule has 0 spiro atoms. The van der Waals surface area contributed by atoms with Crippen LogP contribution in [0.25, 0.3) is 11.3 Å². The summed E-state index contributed by atoms with van der Waals surface area (Å²) in [5.74, 6) is 0.514. The lowest BCUT2D eigenvalue weighted by molar-refractivity contribution is 0.162. The maximum atomic E-state index is 12.6. The Morgan fingerprint density at radius 3 is 2.77 bits per heavy atom. The lowest BCUT2D eigenvalue weighted by Crippen LogP contribution is -2.36. The van der Waals surface area contributed by atoms with Gasteiger partial charge in [0.2, 0.25) is 0 Å². The zero-order valence-corrected chi connectivity index (χ0v) is 18.2. The summed E-state index contributed by atoms with van der Waals surface area (Å²) in [5, 5.41) is 4.77. The van der Waals surface area contributed by atoms with Crippen LogP contribution in [0.2, 0.25) is 0 Å². The Labute approximate surface area is 182 Å². The molecule has 4 heterocycles. The summed E-state index contributed by atoms with van der Waals surface area (Å²) in [6.45, 7) is 3.88. The Balaban J connectivity index is 1.19. The fourth-order valence-electron chi connectivity index (χ4n) is 5.00. The fraction of sp³-hybridized carbons (Fsp3) is 0.500. The standard InChI is InChI=1S/C24H30N6O/c1-28-23(20-6-2-3-7-21(20)27-28)16-29-11-8-18(9-12-29)15-30-17-26-22(13-24(30)31)19-5-4-10-25-14-19/h4-5,10,13-14,17-18H,2-3,6-9,11-12,15-16H2,1H3. The van der Waals surface area contributed by atoms with Crippen LogP contribution in [0, 0.1) is 5.92 Å². The topological polar surface area (TPSA) is 68.8 Å². The molecule has 2 aliphatic rings. The van der Waals surface area contributed by atoms with Crippen molar-refractivity contribution < 1.29 is 0 Å². The van der Waals surface area contributed by atoms with Gasteiger partial charge < -0.3 is 0 Å². The number of hydrogen-bond donors (Lipinski definition) is 0. The second-order valence-electron chi connectivity index (χ2n) is 8.93. The van der Waals surface area contributed by atoms with Crippen LogP contribution in [-0.2, 0) is 33.0 Å². The number of piperidine rings is 1. The van der Waals surface area contributed by atoms with E-state index in [4.69, 9.17) is 5.10 Å². The highest BCUT2D eigenvalue weighted by atomic mass is 16.1. The molecule has 7 nitrogen and oxygen atoms in total. The zero-order chi connectivity index (χ0) is 21.2. The molecule has 1 aliphatic carbocycles. The summed E-state index contributed by atoms with van der Waals surface area (Å²) in [5.41, 5.74) is 5.79. The van der Waals surface area contributed by atoms with Crippen molar-refractivity contribution in [2.45, 2.75) is 51.6 Å². The van der Waals surface area contributed by atoms with Crippen molar-refractivity contribution in [3.8, 4) is 11.3 Å². The maximum absolute atomic E-state index is 12.6. The molecule has 0 unspecified atom stereocenters. The van der Waals surface area contributed by atoms with Crippen molar-refractivity contribution in [2.75, 3.05) is 13.1 Å². The van der Waals surface area contributed by atoms with Gasteiger partial charge in [-0.2, -0.15) is 5.10 Å². The predicted octanol–water partition coefficient (Wildman–Crippen LogP) is 2.83. The molecule has 1 fully saturated rings. The molecule has 162 valence electrons. The maximum Gasteiger partial charge on any atom is 0.253 e. The highest BCUT2D eigenvalue weighted by Crippen LogP contribution is 2.26. The van der Waals surface area contributed by atoms with E-state index in [0.717, 1.165) is 51.0 Å². The Morgan fingerprint density at radius 2 is 2.00 bits per heavy atom. The number of likely N-dealkylation sites (tertiary alicyclic amines) is 1. The molecule has 0 bridgehead atoms. The summed E-state index contributed by atoms with van der Waals surface area (Å²) in [6, 6.07) is 5.41. The molecule has 0 N–H and O–H groups in total. The van der Waals surface area contributed by atoms with Gasteiger partial charge in [-0.25, -0.2) is 4.98 Å². The van der Waals surface area contributed by atoms with Crippen molar-refractivity contribution >= 4 is 0 Å². The third kappa shape index (κ3) is 4.32. The predicted molar refractivity (Wildman–Crippen MR) is 120 cm³/mol. The summed E-state index contributed by atoms with van der Waals surface area (Å²) in [4.78, 5) is 23.8. The van der Waals surface area contributed by atoms with Crippen molar-refractivity contribution in [1.29, 1.82) is 0 Å². The molecule has 0 amide bonds. The van der Waals surface area contributed by atoms with E-state index in [2.05, 4.69) is 26.6 Å². The molecule has 1 aliphatic heterocycles. The van der Waals surface area contributed by atoms with Crippen LogP contribution < -0.4 is 5.56 Å². The molecule has 7 heteroatoms. The van der Waals surface area contributed by atoms with Crippen molar-refractivity contribution in [3.05, 3.63) is 64.2 Å². The Bertz CT molecular complexity index is 1100. The minimum Gasteiger partial charge on any atom is -0.299 e. The summed E-state index contributed by atoms with van der Waals surface area (Å²) < 4.78 is 3.87. The first-order chi connectivity index (χ1) is 15.2.